The summed E-state index contributed by atoms with van der Waals surface area (Å²) in [6.07, 6.45) is 4.46. The molecule has 0 aliphatic heterocycles. The van der Waals surface area contributed by atoms with E-state index >= 15 is 0 Å². The van der Waals surface area contributed by atoms with E-state index in [4.69, 9.17) is 23.2 Å². The smallest absolute Gasteiger partial charge is 0.243 e. The van der Waals surface area contributed by atoms with E-state index in [0.717, 1.165) is 42.4 Å². The first-order valence-corrected chi connectivity index (χ1v) is 14.7. The number of nitrogens with zero attached hydrogens (tertiary/aromatic N) is 1. The van der Waals surface area contributed by atoms with Gasteiger partial charge in [0.1, 0.15) is 11.9 Å². The molecule has 1 saturated carbocycles. The lowest BCUT2D eigenvalue weighted by atomic mass is 10.0. The molecule has 1 aliphatic rings. The molecule has 38 heavy (non-hydrogen) atoms. The van der Waals surface area contributed by atoms with E-state index in [0.29, 0.717) is 22.2 Å². The number of rotatable bonds is 11. The molecule has 0 radical (unpaired) electrons. The summed E-state index contributed by atoms with van der Waals surface area (Å²) in [4.78, 5) is 29.0. The van der Waals surface area contributed by atoms with Crippen LogP contribution in [0, 0.1) is 5.82 Å². The van der Waals surface area contributed by atoms with Gasteiger partial charge in [0.25, 0.3) is 0 Å². The van der Waals surface area contributed by atoms with E-state index in [1.54, 1.807) is 35.2 Å². The number of nitrogens with one attached hydrogen (secondary N) is 1. The molecule has 4 rings (SSSR count). The van der Waals surface area contributed by atoms with Crippen LogP contribution >= 0.6 is 35.0 Å². The van der Waals surface area contributed by atoms with Crippen LogP contribution in [0.5, 0.6) is 0 Å². The number of amides is 2. The minimum atomic E-state index is -0.708. The van der Waals surface area contributed by atoms with Gasteiger partial charge in [0.15, 0.2) is 0 Å². The lowest BCUT2D eigenvalue weighted by Gasteiger charge is -2.32. The number of thioether (sulfide) groups is 1. The highest BCUT2D eigenvalue weighted by Gasteiger charge is 2.32. The molecule has 1 fully saturated rings. The first kappa shape index (κ1) is 28.5. The first-order valence-electron chi connectivity index (χ1n) is 12.8. The second-order valence-corrected chi connectivity index (χ2v) is 11.3. The SMILES string of the molecule is O=C(NC1CCCC1)[C@@H](Cc1ccccc1)N(Cc1ccc(F)cc1)C(=O)CSCc1c(Cl)cccc1Cl. The highest BCUT2D eigenvalue weighted by molar-refractivity contribution is 7.99. The maximum Gasteiger partial charge on any atom is 0.243 e. The molecular weight excluding hydrogens is 542 g/mol. The standard InChI is InChI=1S/C30H31Cl2FN2O2S/c31-26-11-6-12-27(32)25(26)19-38-20-29(36)35(18-22-13-15-23(33)16-14-22)28(17-21-7-2-1-3-8-21)30(37)34-24-9-4-5-10-24/h1-3,6-8,11-16,24,28H,4-5,9-10,17-20H2,(H,34,37)/t28-/m1/s1. The van der Waals surface area contributed by atoms with Gasteiger partial charge in [-0.05, 0) is 53.8 Å². The van der Waals surface area contributed by atoms with Crippen LogP contribution in [0.15, 0.2) is 72.8 Å². The maximum absolute atomic E-state index is 13.7. The Labute approximate surface area is 237 Å². The molecule has 3 aromatic carbocycles. The molecule has 0 aromatic heterocycles. The summed E-state index contributed by atoms with van der Waals surface area (Å²) in [6.45, 7) is 0.197. The Morgan fingerprint density at radius 2 is 1.58 bits per heavy atom. The molecule has 1 atom stereocenters. The van der Waals surface area contributed by atoms with Crippen LogP contribution in [0.4, 0.5) is 4.39 Å². The first-order chi connectivity index (χ1) is 18.4. The van der Waals surface area contributed by atoms with Crippen LogP contribution < -0.4 is 5.32 Å². The molecule has 0 saturated heterocycles. The number of benzene rings is 3. The van der Waals surface area contributed by atoms with Crippen LogP contribution in [0.2, 0.25) is 10.0 Å². The molecular formula is C30H31Cl2FN2O2S. The summed E-state index contributed by atoms with van der Waals surface area (Å²) in [5.41, 5.74) is 2.50. The quantitative estimate of drug-likeness (QED) is 0.267. The topological polar surface area (TPSA) is 49.4 Å². The molecule has 1 N–H and O–H groups in total. The van der Waals surface area contributed by atoms with Crippen molar-refractivity contribution in [1.82, 2.24) is 10.2 Å². The highest BCUT2D eigenvalue weighted by atomic mass is 35.5. The van der Waals surface area contributed by atoms with Gasteiger partial charge in [0, 0.05) is 34.8 Å². The van der Waals surface area contributed by atoms with Crippen molar-refractivity contribution in [1.29, 1.82) is 0 Å². The van der Waals surface area contributed by atoms with Crippen LogP contribution in [0.3, 0.4) is 0 Å². The zero-order valence-corrected chi connectivity index (χ0v) is 23.4. The normalized spacial score (nSPS) is 14.3. The Morgan fingerprint density at radius 1 is 0.921 bits per heavy atom. The molecule has 2 amide bonds. The van der Waals surface area contributed by atoms with Crippen molar-refractivity contribution >= 4 is 46.8 Å². The number of hydrogen-bond donors (Lipinski definition) is 1. The van der Waals surface area contributed by atoms with Crippen molar-refractivity contribution in [2.75, 3.05) is 5.75 Å². The van der Waals surface area contributed by atoms with Crippen LogP contribution in [0.1, 0.15) is 42.4 Å². The summed E-state index contributed by atoms with van der Waals surface area (Å²) in [5.74, 6) is -0.0734. The van der Waals surface area contributed by atoms with E-state index in [-0.39, 0.29) is 36.0 Å². The molecule has 0 spiro atoms. The monoisotopic (exact) mass is 572 g/mol. The Hall–Kier alpha value is -2.54. The summed E-state index contributed by atoms with van der Waals surface area (Å²) in [6, 6.07) is 20.5. The zero-order valence-electron chi connectivity index (χ0n) is 21.0. The summed E-state index contributed by atoms with van der Waals surface area (Å²) in [5, 5.41) is 4.30. The van der Waals surface area contributed by atoms with Crippen molar-refractivity contribution in [3.05, 3.63) is 105 Å². The number of hydrogen-bond acceptors (Lipinski definition) is 3. The van der Waals surface area contributed by atoms with Crippen molar-refractivity contribution < 1.29 is 14.0 Å². The second kappa shape index (κ2) is 14.0. The molecule has 8 heteroatoms. The Bertz CT molecular complexity index is 1200. The summed E-state index contributed by atoms with van der Waals surface area (Å²) < 4.78 is 13.6. The van der Waals surface area contributed by atoms with Crippen molar-refractivity contribution in [3.63, 3.8) is 0 Å². The molecule has 0 unspecified atom stereocenters. The molecule has 0 bridgehead atoms. The maximum atomic E-state index is 13.7. The molecule has 200 valence electrons. The average molecular weight is 574 g/mol. The Kier molecular flexibility index (Phi) is 10.5. The number of carbonyl (C=O) groups excluding carboxylic acids is 2. The molecule has 0 heterocycles. The van der Waals surface area contributed by atoms with Gasteiger partial charge in [-0.1, -0.05) is 84.6 Å². The Morgan fingerprint density at radius 3 is 2.24 bits per heavy atom. The summed E-state index contributed by atoms with van der Waals surface area (Å²) >= 11 is 14.0. The van der Waals surface area contributed by atoms with Gasteiger partial charge in [0.05, 0.1) is 5.75 Å². The fraction of sp³-hybridized carbons (Fsp3) is 0.333. The third kappa shape index (κ3) is 7.98. The molecule has 3 aromatic rings. The van der Waals surface area contributed by atoms with E-state index in [1.807, 2.05) is 30.3 Å². The fourth-order valence-electron chi connectivity index (χ4n) is 4.70. The lowest BCUT2D eigenvalue weighted by molar-refractivity contribution is -0.139. The van der Waals surface area contributed by atoms with Gasteiger partial charge in [-0.15, -0.1) is 11.8 Å². The van der Waals surface area contributed by atoms with Gasteiger partial charge in [-0.3, -0.25) is 9.59 Å². The zero-order chi connectivity index (χ0) is 26.9. The van der Waals surface area contributed by atoms with E-state index in [2.05, 4.69) is 5.32 Å². The van der Waals surface area contributed by atoms with Gasteiger partial charge in [-0.25, -0.2) is 4.39 Å². The minimum Gasteiger partial charge on any atom is -0.352 e. The lowest BCUT2D eigenvalue weighted by Crippen LogP contribution is -2.52. The Balaban J connectivity index is 1.57. The third-order valence-corrected chi connectivity index (χ3v) is 8.42. The van der Waals surface area contributed by atoms with Crippen LogP contribution in [-0.4, -0.2) is 34.6 Å². The fourth-order valence-corrected chi connectivity index (χ4v) is 6.35. The molecule has 4 nitrogen and oxygen atoms in total. The van der Waals surface area contributed by atoms with E-state index in [9.17, 15) is 14.0 Å². The molecule has 1 aliphatic carbocycles. The largest absolute Gasteiger partial charge is 0.352 e. The summed E-state index contributed by atoms with van der Waals surface area (Å²) in [7, 11) is 0. The van der Waals surface area contributed by atoms with Gasteiger partial charge in [-0.2, -0.15) is 0 Å². The predicted molar refractivity (Wildman–Crippen MR) is 154 cm³/mol. The average Bonchev–Trinajstić information content (AvgIpc) is 3.42. The second-order valence-electron chi connectivity index (χ2n) is 9.54. The number of carbonyl (C=O) groups is 2. The van der Waals surface area contributed by atoms with Crippen LogP contribution in [-0.2, 0) is 28.3 Å². The van der Waals surface area contributed by atoms with Crippen molar-refractivity contribution in [2.24, 2.45) is 0 Å². The van der Waals surface area contributed by atoms with E-state index in [1.165, 1.54) is 23.9 Å². The van der Waals surface area contributed by atoms with Crippen LogP contribution in [0.25, 0.3) is 0 Å². The van der Waals surface area contributed by atoms with Crippen molar-refractivity contribution in [2.45, 2.75) is 56.5 Å². The predicted octanol–water partition coefficient (Wildman–Crippen LogP) is 7.06. The third-order valence-electron chi connectivity index (χ3n) is 6.77. The highest BCUT2D eigenvalue weighted by Crippen LogP contribution is 2.29. The minimum absolute atomic E-state index is 0.125. The van der Waals surface area contributed by atoms with Gasteiger partial charge >= 0.3 is 0 Å². The van der Waals surface area contributed by atoms with Crippen molar-refractivity contribution in [3.8, 4) is 0 Å². The van der Waals surface area contributed by atoms with Gasteiger partial charge < -0.3 is 10.2 Å². The number of halogens is 3. The van der Waals surface area contributed by atoms with Gasteiger partial charge in [0.2, 0.25) is 11.8 Å². The van der Waals surface area contributed by atoms with E-state index < -0.39 is 6.04 Å².